The Labute approximate surface area is 166 Å². The Morgan fingerprint density at radius 1 is 1.00 bits per heavy atom. The smallest absolute Gasteiger partial charge is 0.267 e. The quantitative estimate of drug-likeness (QED) is 0.475. The number of rotatable bonds is 2. The summed E-state index contributed by atoms with van der Waals surface area (Å²) < 4.78 is 1.32. The molecule has 1 aliphatic heterocycles. The molecule has 0 N–H and O–H groups in total. The Bertz CT molecular complexity index is 1350. The number of fused-ring (bicyclic) bond motifs is 3. The number of amides is 2. The van der Waals surface area contributed by atoms with E-state index < -0.39 is 17.4 Å². The molecule has 0 bridgehead atoms. The van der Waals surface area contributed by atoms with Gasteiger partial charge in [0.15, 0.2) is 11.4 Å². The fraction of sp³-hybridized carbons (Fsp3) is 0.105. The molecule has 0 saturated heterocycles. The van der Waals surface area contributed by atoms with Crippen LogP contribution in [0.1, 0.15) is 31.3 Å². The number of nitrogens with zero attached hydrogens (tertiary/aromatic N) is 4. The molecule has 0 aliphatic carbocycles. The normalized spacial score (nSPS) is 13.6. The van der Waals surface area contributed by atoms with E-state index in [0.29, 0.717) is 10.6 Å². The van der Waals surface area contributed by atoms with E-state index in [2.05, 4.69) is 10.1 Å². The van der Waals surface area contributed by atoms with E-state index in [1.165, 1.54) is 20.8 Å². The molecule has 5 rings (SSSR count). The molecule has 1 aromatic carbocycles. The predicted octanol–water partition coefficient (Wildman–Crippen LogP) is 3.30. The van der Waals surface area contributed by atoms with Gasteiger partial charge in [0.1, 0.15) is 4.88 Å². The second kappa shape index (κ2) is 5.91. The van der Waals surface area contributed by atoms with Crippen LogP contribution in [0, 0.1) is 13.8 Å². The van der Waals surface area contributed by atoms with Crippen molar-refractivity contribution < 1.29 is 9.59 Å². The lowest BCUT2D eigenvalue weighted by molar-refractivity contribution is 0.0924. The lowest BCUT2D eigenvalue weighted by Crippen LogP contribution is -2.31. The van der Waals surface area contributed by atoms with Gasteiger partial charge in [-0.05, 0) is 42.5 Å². The van der Waals surface area contributed by atoms with Crippen LogP contribution in [0.5, 0.6) is 0 Å². The molecular formula is C19H12N4O3S2. The lowest BCUT2D eigenvalue weighted by Gasteiger charge is -2.17. The summed E-state index contributed by atoms with van der Waals surface area (Å²) in [5.41, 5.74) is 2.24. The predicted molar refractivity (Wildman–Crippen MR) is 108 cm³/mol. The third kappa shape index (κ3) is 2.23. The number of aryl methyl sites for hydroxylation is 1. The van der Waals surface area contributed by atoms with Gasteiger partial charge in [-0.25, -0.2) is 4.90 Å². The van der Waals surface area contributed by atoms with Crippen LogP contribution in [0.4, 0.5) is 5.69 Å². The first-order valence-corrected chi connectivity index (χ1v) is 10.1. The molecule has 28 heavy (non-hydrogen) atoms. The molecule has 0 fully saturated rings. The van der Waals surface area contributed by atoms with Gasteiger partial charge in [0.2, 0.25) is 4.96 Å². The van der Waals surface area contributed by atoms with Crippen molar-refractivity contribution in [1.29, 1.82) is 0 Å². The van der Waals surface area contributed by atoms with E-state index in [1.54, 1.807) is 12.1 Å². The second-order valence-electron chi connectivity index (χ2n) is 6.38. The second-order valence-corrected chi connectivity index (χ2v) is 8.31. The summed E-state index contributed by atoms with van der Waals surface area (Å²) in [5, 5.41) is 6.20. The molecule has 4 heterocycles. The standard InChI is InChI=1S/C19H12N4O3S2/c1-9-5-3-6-11(10(9)2)22-17(25)14-15(18(22)26)28-19-20-16(24)13(21-23(14)19)12-7-4-8-27-12/h3-8H,1-2H3. The average molecular weight is 408 g/mol. The number of aromatic nitrogens is 3. The molecular weight excluding hydrogens is 396 g/mol. The third-order valence-corrected chi connectivity index (χ3v) is 6.67. The van der Waals surface area contributed by atoms with Crippen molar-refractivity contribution >= 4 is 45.1 Å². The number of imide groups is 1. The fourth-order valence-electron chi connectivity index (χ4n) is 3.22. The molecule has 0 saturated carbocycles. The first-order chi connectivity index (χ1) is 13.5. The maximum atomic E-state index is 13.2. The van der Waals surface area contributed by atoms with Crippen molar-refractivity contribution in [2.24, 2.45) is 0 Å². The molecule has 0 atom stereocenters. The zero-order chi connectivity index (χ0) is 19.6. The van der Waals surface area contributed by atoms with E-state index in [-0.39, 0.29) is 21.2 Å². The van der Waals surface area contributed by atoms with Crippen LogP contribution in [0.2, 0.25) is 0 Å². The molecule has 1 aliphatic rings. The molecule has 9 heteroatoms. The Morgan fingerprint density at radius 2 is 1.82 bits per heavy atom. The van der Waals surface area contributed by atoms with Crippen molar-refractivity contribution in [3.05, 3.63) is 67.8 Å². The SMILES string of the molecule is Cc1cccc(N2C(=O)c3sc4nc(=O)c(-c5cccs5)nn4c3C2=O)c1C. The summed E-state index contributed by atoms with van der Waals surface area (Å²) >= 11 is 2.37. The van der Waals surface area contributed by atoms with E-state index in [4.69, 9.17) is 0 Å². The van der Waals surface area contributed by atoms with Crippen LogP contribution in [-0.4, -0.2) is 26.4 Å². The van der Waals surface area contributed by atoms with Gasteiger partial charge < -0.3 is 0 Å². The molecule has 0 unspecified atom stereocenters. The maximum absolute atomic E-state index is 13.2. The highest BCUT2D eigenvalue weighted by Crippen LogP contribution is 2.35. The molecule has 7 nitrogen and oxygen atoms in total. The Morgan fingerprint density at radius 3 is 2.57 bits per heavy atom. The Hall–Kier alpha value is -3.17. The fourth-order valence-corrected chi connectivity index (χ4v) is 4.90. The average Bonchev–Trinajstić information content (AvgIpc) is 3.36. The molecule has 3 aromatic heterocycles. The van der Waals surface area contributed by atoms with Crippen molar-refractivity contribution in [1.82, 2.24) is 14.6 Å². The molecule has 0 radical (unpaired) electrons. The maximum Gasteiger partial charge on any atom is 0.301 e. The lowest BCUT2D eigenvalue weighted by atomic mass is 10.1. The number of thiazole rings is 1. The van der Waals surface area contributed by atoms with E-state index in [0.717, 1.165) is 22.5 Å². The highest BCUT2D eigenvalue weighted by molar-refractivity contribution is 7.19. The minimum Gasteiger partial charge on any atom is -0.267 e. The number of thiophene rings is 1. The number of anilines is 1. The van der Waals surface area contributed by atoms with Crippen molar-refractivity contribution in [2.75, 3.05) is 4.90 Å². The van der Waals surface area contributed by atoms with Gasteiger partial charge in [0.05, 0.1) is 10.6 Å². The highest BCUT2D eigenvalue weighted by atomic mass is 32.1. The summed E-state index contributed by atoms with van der Waals surface area (Å²) in [6, 6.07) is 9.07. The van der Waals surface area contributed by atoms with Gasteiger partial charge in [-0.15, -0.1) is 11.3 Å². The van der Waals surface area contributed by atoms with Crippen molar-refractivity contribution in [2.45, 2.75) is 13.8 Å². The van der Waals surface area contributed by atoms with Gasteiger partial charge >= 0.3 is 5.56 Å². The minimum atomic E-state index is -0.478. The summed E-state index contributed by atoms with van der Waals surface area (Å²) in [5.74, 6) is -0.883. The molecule has 4 aromatic rings. The van der Waals surface area contributed by atoms with E-state index in [9.17, 15) is 14.4 Å². The van der Waals surface area contributed by atoms with Gasteiger partial charge in [-0.2, -0.15) is 14.6 Å². The highest BCUT2D eigenvalue weighted by Gasteiger charge is 2.42. The number of hydrogen-bond acceptors (Lipinski definition) is 7. The molecule has 2 amide bonds. The largest absolute Gasteiger partial charge is 0.301 e. The van der Waals surface area contributed by atoms with Crippen LogP contribution in [0.15, 0.2) is 40.5 Å². The van der Waals surface area contributed by atoms with Gasteiger partial charge in [-0.3, -0.25) is 14.4 Å². The first kappa shape index (κ1) is 17.0. The summed E-state index contributed by atoms with van der Waals surface area (Å²) in [7, 11) is 0. The Balaban J connectivity index is 1.72. The van der Waals surface area contributed by atoms with Gasteiger partial charge in [0.25, 0.3) is 11.8 Å². The summed E-state index contributed by atoms with van der Waals surface area (Å²) in [4.78, 5) is 44.9. The van der Waals surface area contributed by atoms with Crippen molar-refractivity contribution in [3.63, 3.8) is 0 Å². The minimum absolute atomic E-state index is 0.149. The number of carbonyl (C=O) groups is 2. The molecule has 138 valence electrons. The first-order valence-electron chi connectivity index (χ1n) is 8.40. The van der Waals surface area contributed by atoms with Crippen LogP contribution in [0.3, 0.4) is 0 Å². The number of benzene rings is 1. The topological polar surface area (TPSA) is 84.6 Å². The van der Waals surface area contributed by atoms with Crippen LogP contribution < -0.4 is 10.5 Å². The van der Waals surface area contributed by atoms with Crippen LogP contribution in [0.25, 0.3) is 15.5 Å². The van der Waals surface area contributed by atoms with Crippen LogP contribution >= 0.6 is 22.7 Å². The van der Waals surface area contributed by atoms with Gasteiger partial charge in [-0.1, -0.05) is 29.5 Å². The van der Waals surface area contributed by atoms with Crippen LogP contribution in [-0.2, 0) is 0 Å². The molecule has 0 spiro atoms. The monoisotopic (exact) mass is 408 g/mol. The zero-order valence-electron chi connectivity index (χ0n) is 14.8. The number of hydrogen-bond donors (Lipinski definition) is 0. The van der Waals surface area contributed by atoms with E-state index >= 15 is 0 Å². The van der Waals surface area contributed by atoms with Crippen molar-refractivity contribution in [3.8, 4) is 10.6 Å². The summed E-state index contributed by atoms with van der Waals surface area (Å²) in [6.07, 6.45) is 0. The summed E-state index contributed by atoms with van der Waals surface area (Å²) in [6.45, 7) is 3.81. The Kier molecular flexibility index (Phi) is 3.58. The third-order valence-electron chi connectivity index (χ3n) is 4.78. The van der Waals surface area contributed by atoms with Gasteiger partial charge in [0, 0.05) is 0 Å². The van der Waals surface area contributed by atoms with E-state index in [1.807, 2.05) is 37.4 Å². The zero-order valence-corrected chi connectivity index (χ0v) is 16.4. The number of carbonyl (C=O) groups excluding carboxylic acids is 2.